The van der Waals surface area contributed by atoms with Crippen molar-refractivity contribution in [2.45, 2.75) is 13.8 Å². The summed E-state index contributed by atoms with van der Waals surface area (Å²) in [6, 6.07) is 2.77. The third-order valence-electron chi connectivity index (χ3n) is 2.56. The summed E-state index contributed by atoms with van der Waals surface area (Å²) in [5, 5.41) is 9.46. The molecule has 1 aromatic rings. The molecule has 0 aromatic heterocycles. The number of nitrogens with two attached hydrogens (primary N) is 2. The highest BCUT2D eigenvalue weighted by Crippen LogP contribution is 2.33. The molecule has 0 saturated carbocycles. The quantitative estimate of drug-likeness (QED) is 0.691. The van der Waals surface area contributed by atoms with Gasteiger partial charge in [0.15, 0.2) is 0 Å². The maximum absolute atomic E-state index is 11.3. The van der Waals surface area contributed by atoms with Crippen LogP contribution >= 0.6 is 11.6 Å². The molecule has 0 unspecified atom stereocenters. The molecule has 20 heavy (non-hydrogen) atoms. The van der Waals surface area contributed by atoms with Crippen LogP contribution in [0.4, 0.5) is 11.4 Å². The summed E-state index contributed by atoms with van der Waals surface area (Å²) < 4.78 is 0. The number of hydrogen-bond donors (Lipinski definition) is 3. The van der Waals surface area contributed by atoms with E-state index in [4.69, 9.17) is 23.1 Å². The van der Waals surface area contributed by atoms with E-state index >= 15 is 0 Å². The Morgan fingerprint density at radius 2 is 2.00 bits per heavy atom. The Kier molecular flexibility index (Phi) is 5.21. The zero-order valence-corrected chi connectivity index (χ0v) is 12.1. The molecule has 110 valence electrons. The number of nitrogens with zero attached hydrogens (tertiary/aromatic N) is 1. The van der Waals surface area contributed by atoms with E-state index in [1.165, 1.54) is 12.1 Å². The first-order valence-corrected chi connectivity index (χ1v) is 6.45. The number of benzene rings is 1. The summed E-state index contributed by atoms with van der Waals surface area (Å²) in [4.78, 5) is 24.1. The Balaban J connectivity index is 3.37. The molecule has 0 spiro atoms. The van der Waals surface area contributed by atoms with E-state index in [-0.39, 0.29) is 34.4 Å². The molecule has 7 heteroatoms. The summed E-state index contributed by atoms with van der Waals surface area (Å²) in [6.45, 7) is 4.23. The lowest BCUT2D eigenvalue weighted by molar-refractivity contribution is -0.116. The molecule has 1 rings (SSSR count). The molecule has 0 saturated heterocycles. The number of anilines is 2. The standard InChI is InChI=1S/C13H18ClN3O3/c1-7(2)5-17(6-11(16)18)12-9(13(19)20)3-8(15)4-10(12)14/h3-4,7H,5-6,15H2,1-2H3,(H2,16,18)(H,19,20). The van der Waals surface area contributed by atoms with Crippen molar-refractivity contribution in [2.24, 2.45) is 11.7 Å². The molecular weight excluding hydrogens is 282 g/mol. The van der Waals surface area contributed by atoms with E-state index in [1.807, 2.05) is 13.8 Å². The van der Waals surface area contributed by atoms with Crippen LogP contribution < -0.4 is 16.4 Å². The number of amides is 1. The molecule has 5 N–H and O–H groups in total. The molecule has 0 heterocycles. The van der Waals surface area contributed by atoms with Crippen LogP contribution in [0.1, 0.15) is 24.2 Å². The van der Waals surface area contributed by atoms with Crippen molar-refractivity contribution in [3.8, 4) is 0 Å². The Morgan fingerprint density at radius 1 is 1.40 bits per heavy atom. The first-order valence-electron chi connectivity index (χ1n) is 6.08. The second-order valence-electron chi connectivity index (χ2n) is 4.94. The summed E-state index contributed by atoms with van der Waals surface area (Å²) >= 11 is 6.10. The highest BCUT2D eigenvalue weighted by atomic mass is 35.5. The van der Waals surface area contributed by atoms with Gasteiger partial charge in [-0.3, -0.25) is 4.79 Å². The van der Waals surface area contributed by atoms with E-state index in [0.717, 1.165) is 0 Å². The smallest absolute Gasteiger partial charge is 0.337 e. The lowest BCUT2D eigenvalue weighted by Crippen LogP contribution is -2.37. The predicted molar refractivity (Wildman–Crippen MR) is 79.1 cm³/mol. The number of carbonyl (C=O) groups is 2. The van der Waals surface area contributed by atoms with Crippen LogP contribution in [0.3, 0.4) is 0 Å². The fourth-order valence-electron chi connectivity index (χ4n) is 1.97. The van der Waals surface area contributed by atoms with E-state index in [1.54, 1.807) is 4.90 Å². The minimum Gasteiger partial charge on any atom is -0.478 e. The summed E-state index contributed by atoms with van der Waals surface area (Å²) in [5.41, 5.74) is 11.3. The highest BCUT2D eigenvalue weighted by molar-refractivity contribution is 6.34. The normalized spacial score (nSPS) is 10.6. The lowest BCUT2D eigenvalue weighted by atomic mass is 10.1. The molecule has 1 amide bonds. The molecule has 1 aromatic carbocycles. The van der Waals surface area contributed by atoms with E-state index in [0.29, 0.717) is 6.54 Å². The average molecular weight is 300 g/mol. The van der Waals surface area contributed by atoms with Gasteiger partial charge in [-0.25, -0.2) is 4.79 Å². The van der Waals surface area contributed by atoms with Crippen molar-refractivity contribution < 1.29 is 14.7 Å². The van der Waals surface area contributed by atoms with Crippen LogP contribution in [0.25, 0.3) is 0 Å². The second kappa shape index (κ2) is 6.47. The van der Waals surface area contributed by atoms with E-state index in [9.17, 15) is 14.7 Å². The van der Waals surface area contributed by atoms with Crippen LogP contribution in [-0.2, 0) is 4.79 Å². The molecule has 0 atom stereocenters. The monoisotopic (exact) mass is 299 g/mol. The molecule has 0 fully saturated rings. The summed E-state index contributed by atoms with van der Waals surface area (Å²) in [5.74, 6) is -1.52. The van der Waals surface area contributed by atoms with Gasteiger partial charge in [0.25, 0.3) is 0 Å². The van der Waals surface area contributed by atoms with Crippen molar-refractivity contribution in [3.63, 3.8) is 0 Å². The first-order chi connectivity index (χ1) is 9.22. The number of nitrogen functional groups attached to an aromatic ring is 1. The van der Waals surface area contributed by atoms with Gasteiger partial charge in [-0.1, -0.05) is 25.4 Å². The van der Waals surface area contributed by atoms with Gasteiger partial charge in [0.05, 0.1) is 22.8 Å². The molecule has 0 bridgehead atoms. The van der Waals surface area contributed by atoms with Gasteiger partial charge < -0.3 is 21.5 Å². The zero-order chi connectivity index (χ0) is 15.4. The Bertz CT molecular complexity index is 532. The average Bonchev–Trinajstić information content (AvgIpc) is 2.25. The van der Waals surface area contributed by atoms with Crippen molar-refractivity contribution in [2.75, 3.05) is 23.7 Å². The van der Waals surface area contributed by atoms with Crippen LogP contribution in [0.2, 0.25) is 5.02 Å². The SMILES string of the molecule is CC(C)CN(CC(N)=O)c1c(Cl)cc(N)cc1C(=O)O. The van der Waals surface area contributed by atoms with E-state index < -0.39 is 11.9 Å². The molecule has 6 nitrogen and oxygen atoms in total. The largest absolute Gasteiger partial charge is 0.478 e. The second-order valence-corrected chi connectivity index (χ2v) is 5.35. The van der Waals surface area contributed by atoms with Crippen LogP contribution in [0.15, 0.2) is 12.1 Å². The van der Waals surface area contributed by atoms with Crippen molar-refractivity contribution >= 4 is 34.9 Å². The molecular formula is C13H18ClN3O3. The summed E-state index contributed by atoms with van der Waals surface area (Å²) in [7, 11) is 0. The molecule has 0 aliphatic heterocycles. The number of rotatable bonds is 6. The number of aromatic carboxylic acids is 1. The number of carboxylic acids is 1. The van der Waals surface area contributed by atoms with Crippen molar-refractivity contribution in [3.05, 3.63) is 22.7 Å². The summed E-state index contributed by atoms with van der Waals surface area (Å²) in [6.07, 6.45) is 0. The Morgan fingerprint density at radius 3 is 2.45 bits per heavy atom. The molecule has 0 aliphatic carbocycles. The van der Waals surface area contributed by atoms with Gasteiger partial charge in [0, 0.05) is 12.2 Å². The molecule has 0 radical (unpaired) electrons. The number of carbonyl (C=O) groups excluding carboxylic acids is 1. The predicted octanol–water partition coefficient (Wildman–Crippen LogP) is 1.57. The fourth-order valence-corrected chi connectivity index (χ4v) is 2.32. The highest BCUT2D eigenvalue weighted by Gasteiger charge is 2.22. The number of hydrogen-bond acceptors (Lipinski definition) is 4. The fraction of sp³-hybridized carbons (Fsp3) is 0.385. The first kappa shape index (κ1) is 16.1. The number of carboxylic acid groups (broad SMARTS) is 1. The number of primary amides is 1. The van der Waals surface area contributed by atoms with Gasteiger partial charge in [0.2, 0.25) is 5.91 Å². The van der Waals surface area contributed by atoms with E-state index in [2.05, 4.69) is 0 Å². The van der Waals surface area contributed by atoms with Gasteiger partial charge in [-0.2, -0.15) is 0 Å². The Hall–Kier alpha value is -1.95. The minimum atomic E-state index is -1.16. The van der Waals surface area contributed by atoms with Crippen LogP contribution in [0.5, 0.6) is 0 Å². The van der Waals surface area contributed by atoms with Gasteiger partial charge in [-0.15, -0.1) is 0 Å². The van der Waals surface area contributed by atoms with Crippen molar-refractivity contribution in [1.82, 2.24) is 0 Å². The van der Waals surface area contributed by atoms with Crippen LogP contribution in [-0.4, -0.2) is 30.1 Å². The maximum atomic E-state index is 11.3. The third kappa shape index (κ3) is 4.03. The third-order valence-corrected chi connectivity index (χ3v) is 2.85. The zero-order valence-electron chi connectivity index (χ0n) is 11.4. The van der Waals surface area contributed by atoms with Gasteiger partial charge in [0.1, 0.15) is 0 Å². The maximum Gasteiger partial charge on any atom is 0.337 e. The molecule has 0 aliphatic rings. The lowest BCUT2D eigenvalue weighted by Gasteiger charge is -2.27. The Labute approximate surface area is 122 Å². The van der Waals surface area contributed by atoms with Crippen LogP contribution in [0, 0.1) is 5.92 Å². The van der Waals surface area contributed by atoms with Crippen molar-refractivity contribution in [1.29, 1.82) is 0 Å². The van der Waals surface area contributed by atoms with Gasteiger partial charge in [-0.05, 0) is 18.1 Å². The minimum absolute atomic E-state index is 0.0445. The topological polar surface area (TPSA) is 110 Å². The number of halogens is 1. The van der Waals surface area contributed by atoms with Gasteiger partial charge >= 0.3 is 5.97 Å².